The number of tetrazole rings is 1. The largest absolute Gasteiger partial charge is 0.368 e. The average Bonchev–Trinajstić information content (AvgIpc) is 3.17. The van der Waals surface area contributed by atoms with E-state index in [1.807, 2.05) is 18.2 Å². The van der Waals surface area contributed by atoms with Crippen LogP contribution in [0, 0.1) is 0 Å². The first-order chi connectivity index (χ1) is 12.4. The second kappa shape index (κ2) is 5.70. The number of piperazine rings is 1. The Balaban J connectivity index is 1.49. The topological polar surface area (TPSA) is 62.5 Å². The van der Waals surface area contributed by atoms with Gasteiger partial charge in [-0.2, -0.15) is 0 Å². The van der Waals surface area contributed by atoms with Crippen molar-refractivity contribution in [3.05, 3.63) is 54.6 Å². The van der Waals surface area contributed by atoms with Crippen LogP contribution in [0.25, 0.3) is 16.4 Å². The lowest BCUT2D eigenvalue weighted by atomic mass is 10.1. The zero-order chi connectivity index (χ0) is 16.6. The molecule has 0 amide bonds. The molecule has 7 nitrogen and oxygen atoms in total. The first kappa shape index (κ1) is 14.2. The van der Waals surface area contributed by atoms with Gasteiger partial charge in [-0.25, -0.2) is 0 Å². The lowest BCUT2D eigenvalue weighted by Crippen LogP contribution is -2.47. The SMILES string of the molecule is c1ccc(N2CCN(c3nn4nnnc4c4ccccc34)CC2)cc1. The van der Waals surface area contributed by atoms with Gasteiger partial charge in [0.15, 0.2) is 5.82 Å². The predicted octanol–water partition coefficient (Wildman–Crippen LogP) is 2.00. The van der Waals surface area contributed by atoms with E-state index >= 15 is 0 Å². The van der Waals surface area contributed by atoms with Gasteiger partial charge in [0.05, 0.1) is 0 Å². The third kappa shape index (κ3) is 2.36. The van der Waals surface area contributed by atoms with Gasteiger partial charge in [-0.15, -0.1) is 14.8 Å². The van der Waals surface area contributed by atoms with Gasteiger partial charge in [-0.1, -0.05) is 42.5 Å². The molecule has 25 heavy (non-hydrogen) atoms. The lowest BCUT2D eigenvalue weighted by molar-refractivity contribution is 0.636. The molecule has 0 bridgehead atoms. The third-order valence-corrected chi connectivity index (χ3v) is 4.75. The Morgan fingerprint density at radius 1 is 0.720 bits per heavy atom. The number of hydrogen-bond donors (Lipinski definition) is 0. The summed E-state index contributed by atoms with van der Waals surface area (Å²) in [6.45, 7) is 3.76. The molecule has 0 radical (unpaired) electrons. The fraction of sp³-hybridized carbons (Fsp3) is 0.222. The van der Waals surface area contributed by atoms with E-state index in [9.17, 15) is 0 Å². The highest BCUT2D eigenvalue weighted by molar-refractivity contribution is 5.99. The van der Waals surface area contributed by atoms with Crippen molar-refractivity contribution >= 4 is 27.9 Å². The average molecular weight is 331 g/mol. The van der Waals surface area contributed by atoms with Crippen LogP contribution in [0.4, 0.5) is 11.5 Å². The van der Waals surface area contributed by atoms with Crippen LogP contribution in [-0.2, 0) is 0 Å². The lowest BCUT2D eigenvalue weighted by Gasteiger charge is -2.37. The highest BCUT2D eigenvalue weighted by Crippen LogP contribution is 2.27. The summed E-state index contributed by atoms with van der Waals surface area (Å²) in [5.41, 5.74) is 1.97. The summed E-state index contributed by atoms with van der Waals surface area (Å²) < 4.78 is 1.53. The highest BCUT2D eigenvalue weighted by atomic mass is 15.6. The third-order valence-electron chi connectivity index (χ3n) is 4.75. The molecule has 124 valence electrons. The van der Waals surface area contributed by atoms with Crippen molar-refractivity contribution in [2.45, 2.75) is 0 Å². The zero-order valence-electron chi connectivity index (χ0n) is 13.7. The van der Waals surface area contributed by atoms with Crippen LogP contribution in [0.3, 0.4) is 0 Å². The molecule has 7 heteroatoms. The minimum atomic E-state index is 0.697. The van der Waals surface area contributed by atoms with Crippen LogP contribution in [0.15, 0.2) is 54.6 Å². The summed E-state index contributed by atoms with van der Waals surface area (Å²) in [4.78, 5) is 4.73. The van der Waals surface area contributed by atoms with Gasteiger partial charge < -0.3 is 9.80 Å². The molecule has 0 spiro atoms. The number of anilines is 2. The van der Waals surface area contributed by atoms with Crippen LogP contribution in [0.5, 0.6) is 0 Å². The van der Waals surface area contributed by atoms with E-state index in [0.29, 0.717) is 5.65 Å². The number of fused-ring (bicyclic) bond motifs is 3. The number of hydrogen-bond acceptors (Lipinski definition) is 6. The molecular weight excluding hydrogens is 314 g/mol. The van der Waals surface area contributed by atoms with Crippen molar-refractivity contribution in [2.75, 3.05) is 36.0 Å². The van der Waals surface area contributed by atoms with Crippen molar-refractivity contribution in [3.63, 3.8) is 0 Å². The minimum Gasteiger partial charge on any atom is -0.368 e. The van der Waals surface area contributed by atoms with Gasteiger partial charge in [-0.3, -0.25) is 0 Å². The Morgan fingerprint density at radius 2 is 1.40 bits per heavy atom. The molecule has 0 unspecified atom stereocenters. The fourth-order valence-corrected chi connectivity index (χ4v) is 3.48. The maximum absolute atomic E-state index is 4.67. The van der Waals surface area contributed by atoms with Crippen molar-refractivity contribution in [2.24, 2.45) is 0 Å². The van der Waals surface area contributed by atoms with Gasteiger partial charge in [-0.05, 0) is 22.6 Å². The first-order valence-electron chi connectivity index (χ1n) is 8.42. The molecule has 0 atom stereocenters. The number of para-hydroxylation sites is 1. The van der Waals surface area contributed by atoms with Crippen LogP contribution in [0.2, 0.25) is 0 Å². The standard InChI is InChI=1S/C18H17N7/c1-2-6-14(7-3-1)23-10-12-24(13-11-23)18-16-9-5-4-8-15(16)17-19-21-22-25(17)20-18/h1-9H,10-13H2. The molecule has 3 heterocycles. The minimum absolute atomic E-state index is 0.697. The van der Waals surface area contributed by atoms with Gasteiger partial charge in [0, 0.05) is 42.6 Å². The Hall–Kier alpha value is -3.22. The van der Waals surface area contributed by atoms with Crippen molar-refractivity contribution in [1.82, 2.24) is 25.3 Å². The van der Waals surface area contributed by atoms with Gasteiger partial charge >= 0.3 is 0 Å². The summed E-state index contributed by atoms with van der Waals surface area (Å²) in [5, 5.41) is 18.7. The molecule has 0 N–H and O–H groups in total. The summed E-state index contributed by atoms with van der Waals surface area (Å²) in [6.07, 6.45) is 0. The Bertz CT molecular complexity index is 1020. The van der Waals surface area contributed by atoms with Crippen LogP contribution < -0.4 is 9.80 Å². The van der Waals surface area contributed by atoms with Crippen molar-refractivity contribution in [3.8, 4) is 0 Å². The van der Waals surface area contributed by atoms with E-state index in [1.165, 1.54) is 10.3 Å². The van der Waals surface area contributed by atoms with Gasteiger partial charge in [0.1, 0.15) is 0 Å². The van der Waals surface area contributed by atoms with E-state index < -0.39 is 0 Å². The van der Waals surface area contributed by atoms with Crippen molar-refractivity contribution < 1.29 is 0 Å². The number of benzene rings is 2. The first-order valence-corrected chi connectivity index (χ1v) is 8.42. The second-order valence-corrected chi connectivity index (χ2v) is 6.17. The zero-order valence-corrected chi connectivity index (χ0v) is 13.7. The quantitative estimate of drug-likeness (QED) is 0.560. The summed E-state index contributed by atoms with van der Waals surface area (Å²) in [7, 11) is 0. The van der Waals surface area contributed by atoms with Crippen molar-refractivity contribution in [1.29, 1.82) is 0 Å². The molecular formula is C18H17N7. The molecule has 2 aromatic carbocycles. The molecule has 0 saturated carbocycles. The van der Waals surface area contributed by atoms with E-state index in [2.05, 4.69) is 66.8 Å². The molecule has 1 aliphatic heterocycles. The van der Waals surface area contributed by atoms with E-state index in [0.717, 1.165) is 42.8 Å². The Labute approximate surface area is 144 Å². The number of nitrogens with zero attached hydrogens (tertiary/aromatic N) is 7. The summed E-state index contributed by atoms with van der Waals surface area (Å²) >= 11 is 0. The maximum atomic E-state index is 4.67. The molecule has 4 aromatic rings. The smallest absolute Gasteiger partial charge is 0.207 e. The molecule has 2 aromatic heterocycles. The van der Waals surface area contributed by atoms with E-state index in [1.54, 1.807) is 0 Å². The van der Waals surface area contributed by atoms with Crippen LogP contribution in [-0.4, -0.2) is 51.4 Å². The predicted molar refractivity (Wildman–Crippen MR) is 97.0 cm³/mol. The fourth-order valence-electron chi connectivity index (χ4n) is 3.48. The molecule has 0 aliphatic carbocycles. The number of rotatable bonds is 2. The van der Waals surface area contributed by atoms with Gasteiger partial charge in [0.2, 0.25) is 5.65 Å². The molecule has 5 rings (SSSR count). The molecule has 1 fully saturated rings. The number of aromatic nitrogens is 5. The van der Waals surface area contributed by atoms with E-state index in [-0.39, 0.29) is 0 Å². The Kier molecular flexibility index (Phi) is 3.22. The molecule has 1 saturated heterocycles. The summed E-state index contributed by atoms with van der Waals surface area (Å²) in [5.74, 6) is 0.947. The molecule has 1 aliphatic rings. The van der Waals surface area contributed by atoms with Crippen LogP contribution in [0.1, 0.15) is 0 Å². The van der Waals surface area contributed by atoms with Gasteiger partial charge in [0.25, 0.3) is 0 Å². The van der Waals surface area contributed by atoms with Crippen LogP contribution >= 0.6 is 0 Å². The Morgan fingerprint density at radius 3 is 2.20 bits per heavy atom. The maximum Gasteiger partial charge on any atom is 0.207 e. The normalized spacial score (nSPS) is 15.2. The highest BCUT2D eigenvalue weighted by Gasteiger charge is 2.21. The van der Waals surface area contributed by atoms with E-state index in [4.69, 9.17) is 0 Å². The summed E-state index contributed by atoms with van der Waals surface area (Å²) in [6, 6.07) is 18.7. The monoisotopic (exact) mass is 331 g/mol. The second-order valence-electron chi connectivity index (χ2n) is 6.17.